The fraction of sp³-hybridized carbons (Fsp3) is 0.200. The van der Waals surface area contributed by atoms with E-state index in [1.54, 1.807) is 60.7 Å². The number of carboxylic acids is 1. The van der Waals surface area contributed by atoms with Crippen LogP contribution in [0.3, 0.4) is 0 Å². The Morgan fingerprint density at radius 2 is 1.54 bits per heavy atom. The smallest absolute Gasteiger partial charge is 0.336 e. The fourth-order valence-electron chi connectivity index (χ4n) is 4.20. The Kier molecular flexibility index (Phi) is 8.40. The average molecular weight is 533 g/mol. The number of benzene rings is 3. The fourth-order valence-corrected chi connectivity index (χ4v) is 4.20. The molecule has 0 unspecified atom stereocenters. The molecule has 9 nitrogen and oxygen atoms in total. The zero-order chi connectivity index (χ0) is 27.9. The van der Waals surface area contributed by atoms with Crippen LogP contribution in [-0.2, 0) is 11.2 Å². The van der Waals surface area contributed by atoms with Crippen LogP contribution in [-0.4, -0.2) is 51.6 Å². The molecule has 0 aromatic heterocycles. The number of fused-ring (bicyclic) bond motifs is 1. The summed E-state index contributed by atoms with van der Waals surface area (Å²) in [5, 5.41) is 10.4. The number of carboxylic acid groups (broad SMARTS) is 1. The molecule has 0 atom stereocenters. The highest BCUT2D eigenvalue weighted by atomic mass is 16.7. The number of hydrogen-bond acceptors (Lipinski definition) is 8. The maximum absolute atomic E-state index is 13.9. The number of methoxy groups -OCH3 is 3. The minimum absolute atomic E-state index is 0.0302. The molecule has 0 radical (unpaired) electrons. The van der Waals surface area contributed by atoms with Crippen molar-refractivity contribution in [1.82, 2.24) is 0 Å². The first-order valence-corrected chi connectivity index (χ1v) is 11.9. The third-order valence-electron chi connectivity index (χ3n) is 6.05. The second kappa shape index (κ2) is 12.1. The van der Waals surface area contributed by atoms with Crippen molar-refractivity contribution in [2.45, 2.75) is 6.42 Å². The predicted octanol–water partition coefficient (Wildman–Crippen LogP) is 4.97. The van der Waals surface area contributed by atoms with E-state index in [9.17, 15) is 14.7 Å². The summed E-state index contributed by atoms with van der Waals surface area (Å²) < 4.78 is 32.8. The van der Waals surface area contributed by atoms with Crippen LogP contribution >= 0.6 is 0 Å². The van der Waals surface area contributed by atoms with Gasteiger partial charge in [-0.3, -0.25) is 4.79 Å². The van der Waals surface area contributed by atoms with E-state index in [2.05, 4.69) is 6.58 Å². The van der Waals surface area contributed by atoms with Crippen LogP contribution < -0.4 is 28.4 Å². The number of ketones is 1. The molecule has 0 amide bonds. The second-order valence-corrected chi connectivity index (χ2v) is 8.39. The van der Waals surface area contributed by atoms with E-state index in [1.165, 1.54) is 21.3 Å². The van der Waals surface area contributed by atoms with E-state index in [0.717, 1.165) is 0 Å². The van der Waals surface area contributed by atoms with E-state index in [4.69, 9.17) is 28.4 Å². The summed E-state index contributed by atoms with van der Waals surface area (Å²) in [5.41, 5.74) is 1.06. The minimum atomic E-state index is -1.27. The summed E-state index contributed by atoms with van der Waals surface area (Å²) in [7, 11) is 4.48. The second-order valence-electron chi connectivity index (χ2n) is 8.39. The number of hydrogen-bond donors (Lipinski definition) is 1. The zero-order valence-electron chi connectivity index (χ0n) is 21.8. The van der Waals surface area contributed by atoms with Crippen molar-refractivity contribution in [2.75, 3.05) is 34.7 Å². The van der Waals surface area contributed by atoms with E-state index in [1.807, 2.05) is 0 Å². The molecule has 0 spiro atoms. The van der Waals surface area contributed by atoms with Crippen LogP contribution in [0.2, 0.25) is 0 Å². The number of carbonyl (C=O) groups excluding carboxylic acids is 1. The number of rotatable bonds is 12. The topological polar surface area (TPSA) is 110 Å². The quantitative estimate of drug-likeness (QED) is 0.196. The highest BCUT2D eigenvalue weighted by Gasteiger charge is 2.27. The molecular weight excluding hydrogens is 504 g/mol. The van der Waals surface area contributed by atoms with Crippen LogP contribution in [0, 0.1) is 0 Å². The molecule has 0 saturated carbocycles. The molecule has 4 rings (SSSR count). The number of allylic oxidation sites excluding steroid dienone is 1. The molecular formula is C30H28O9. The van der Waals surface area contributed by atoms with Gasteiger partial charge in [0.15, 0.2) is 28.8 Å². The first-order chi connectivity index (χ1) is 18.9. The van der Waals surface area contributed by atoms with Crippen LogP contribution in [0.1, 0.15) is 21.5 Å². The number of ether oxygens (including phenoxy) is 6. The van der Waals surface area contributed by atoms with Crippen LogP contribution in [0.25, 0.3) is 5.57 Å². The lowest BCUT2D eigenvalue weighted by Crippen LogP contribution is -2.14. The summed E-state index contributed by atoms with van der Waals surface area (Å²) in [6.45, 7) is 3.91. The standard InChI is InChI=1S/C30H28O9/c1-5-12-37-29-25(35-3)14-18(15-26(29)36-4)13-22(28(31)19-6-9-21(34-2)10-7-19)27(30(32)33)20-8-11-23-24(16-20)39-17-38-23/h5-11,14-16H,1,12-13,17H2,2-4H3,(H,32,33)/b27-22+. The van der Waals surface area contributed by atoms with Gasteiger partial charge in [-0.05, 0) is 59.7 Å². The summed E-state index contributed by atoms with van der Waals surface area (Å²) >= 11 is 0. The molecule has 0 bridgehead atoms. The van der Waals surface area contributed by atoms with Gasteiger partial charge in [-0.15, -0.1) is 0 Å². The molecule has 3 aromatic carbocycles. The summed E-state index contributed by atoms with van der Waals surface area (Å²) in [6.07, 6.45) is 1.54. The number of aliphatic carboxylic acids is 1. The summed E-state index contributed by atoms with van der Waals surface area (Å²) in [5.74, 6) is 0.824. The Balaban J connectivity index is 1.88. The van der Waals surface area contributed by atoms with Gasteiger partial charge in [-0.2, -0.15) is 0 Å². The molecule has 0 fully saturated rings. The maximum Gasteiger partial charge on any atom is 0.336 e. The molecule has 39 heavy (non-hydrogen) atoms. The van der Waals surface area contributed by atoms with E-state index >= 15 is 0 Å². The Labute approximate surface area is 225 Å². The van der Waals surface area contributed by atoms with E-state index < -0.39 is 11.8 Å². The third-order valence-corrected chi connectivity index (χ3v) is 6.05. The molecule has 3 aromatic rings. The Morgan fingerprint density at radius 1 is 0.897 bits per heavy atom. The van der Waals surface area contributed by atoms with Crippen LogP contribution in [0.4, 0.5) is 0 Å². The highest BCUT2D eigenvalue weighted by molar-refractivity contribution is 6.26. The van der Waals surface area contributed by atoms with Gasteiger partial charge in [0.25, 0.3) is 0 Å². The van der Waals surface area contributed by atoms with Crippen molar-refractivity contribution in [2.24, 2.45) is 0 Å². The van der Waals surface area contributed by atoms with Gasteiger partial charge in [0.2, 0.25) is 12.5 Å². The molecule has 1 aliphatic heterocycles. The first-order valence-electron chi connectivity index (χ1n) is 11.9. The van der Waals surface area contributed by atoms with Crippen LogP contribution in [0.5, 0.6) is 34.5 Å². The largest absolute Gasteiger partial charge is 0.497 e. The Bertz CT molecular complexity index is 1400. The van der Waals surface area contributed by atoms with E-state index in [-0.39, 0.29) is 31.0 Å². The molecule has 0 saturated heterocycles. The molecule has 9 heteroatoms. The average Bonchev–Trinajstić information content (AvgIpc) is 3.43. The molecule has 1 N–H and O–H groups in total. The van der Waals surface area contributed by atoms with Gasteiger partial charge < -0.3 is 33.5 Å². The summed E-state index contributed by atoms with van der Waals surface area (Å²) in [4.78, 5) is 26.6. The van der Waals surface area contributed by atoms with Crippen molar-refractivity contribution in [3.63, 3.8) is 0 Å². The van der Waals surface area contributed by atoms with Crippen molar-refractivity contribution in [1.29, 1.82) is 0 Å². The van der Waals surface area contributed by atoms with Gasteiger partial charge >= 0.3 is 5.97 Å². The van der Waals surface area contributed by atoms with Gasteiger partial charge in [-0.1, -0.05) is 18.7 Å². The van der Waals surface area contributed by atoms with Gasteiger partial charge in [-0.25, -0.2) is 4.79 Å². The maximum atomic E-state index is 13.9. The van der Waals surface area contributed by atoms with Gasteiger partial charge in [0.1, 0.15) is 12.4 Å². The monoisotopic (exact) mass is 532 g/mol. The highest BCUT2D eigenvalue weighted by Crippen LogP contribution is 2.40. The molecule has 0 aliphatic carbocycles. The number of Topliss-reactive ketones (excluding diaryl/α,β-unsaturated/α-hetero) is 1. The molecule has 1 heterocycles. The van der Waals surface area contributed by atoms with Gasteiger partial charge in [0.05, 0.1) is 26.9 Å². The van der Waals surface area contributed by atoms with Crippen molar-refractivity contribution < 1.29 is 43.1 Å². The Morgan fingerprint density at radius 3 is 2.13 bits per heavy atom. The predicted molar refractivity (Wildman–Crippen MR) is 143 cm³/mol. The normalized spacial score (nSPS) is 12.3. The van der Waals surface area contributed by atoms with E-state index in [0.29, 0.717) is 51.2 Å². The lowest BCUT2D eigenvalue weighted by Gasteiger charge is -2.17. The van der Waals surface area contributed by atoms with Crippen molar-refractivity contribution >= 4 is 17.3 Å². The SMILES string of the molecule is C=CCOc1c(OC)cc(C/C(C(=O)c2ccc(OC)cc2)=C(\C(=O)O)c2ccc3c(c2)OCO3)cc1OC. The first kappa shape index (κ1) is 27.1. The molecule has 1 aliphatic rings. The van der Waals surface area contributed by atoms with Gasteiger partial charge in [0, 0.05) is 17.6 Å². The Hall–Kier alpha value is -4.92. The summed E-state index contributed by atoms with van der Waals surface area (Å²) in [6, 6.07) is 14.6. The van der Waals surface area contributed by atoms with Crippen molar-refractivity contribution in [3.8, 4) is 34.5 Å². The van der Waals surface area contributed by atoms with Crippen molar-refractivity contribution in [3.05, 3.63) is 89.5 Å². The zero-order valence-corrected chi connectivity index (χ0v) is 21.8. The third kappa shape index (κ3) is 5.82. The molecule has 202 valence electrons. The minimum Gasteiger partial charge on any atom is -0.497 e. The number of carbonyl (C=O) groups is 2. The lowest BCUT2D eigenvalue weighted by molar-refractivity contribution is -0.130. The van der Waals surface area contributed by atoms with Crippen LogP contribution in [0.15, 0.2) is 72.8 Å². The lowest BCUT2D eigenvalue weighted by atomic mass is 9.89.